The lowest BCUT2D eigenvalue weighted by molar-refractivity contribution is -0.152. The van der Waals surface area contributed by atoms with Gasteiger partial charge in [-0.1, -0.05) is 38.4 Å². The summed E-state index contributed by atoms with van der Waals surface area (Å²) in [6.45, 7) is 5.65. The number of hydrogen-bond acceptors (Lipinski definition) is 6. The number of nitrogens with one attached hydrogen (secondary N) is 1. The summed E-state index contributed by atoms with van der Waals surface area (Å²) in [6, 6.07) is 3.48. The Morgan fingerprint density at radius 1 is 1.00 bits per heavy atom. The lowest BCUT2D eigenvalue weighted by Gasteiger charge is -2.24. The van der Waals surface area contributed by atoms with Gasteiger partial charge in [-0.15, -0.1) is 0 Å². The molecule has 3 aromatic rings. The average molecular weight is 613 g/mol. The van der Waals surface area contributed by atoms with Crippen LogP contribution in [0.1, 0.15) is 46.6 Å². The van der Waals surface area contributed by atoms with Gasteiger partial charge in [0.2, 0.25) is 17.5 Å². The minimum absolute atomic E-state index is 0.0260. The van der Waals surface area contributed by atoms with Gasteiger partial charge in [0.25, 0.3) is 5.56 Å². The third-order valence-electron chi connectivity index (χ3n) is 6.68. The van der Waals surface area contributed by atoms with Crippen LogP contribution in [0.4, 0.5) is 17.6 Å². The van der Waals surface area contributed by atoms with Crippen molar-refractivity contribution in [2.75, 3.05) is 6.61 Å². The van der Waals surface area contributed by atoms with Gasteiger partial charge in [0.15, 0.2) is 23.2 Å². The van der Waals surface area contributed by atoms with Gasteiger partial charge in [0.05, 0.1) is 6.42 Å². The SMILES string of the molecule is CC[C@@H](C(=O)NC(CC(=O)OC(C)C(C)C)C(=O)COc1c(F)c(F)cc(F)c1F)n1ccc2ccc(Cl)cc2c1=O. The van der Waals surface area contributed by atoms with Gasteiger partial charge in [-0.05, 0) is 42.8 Å². The Balaban J connectivity index is 1.89. The fourth-order valence-electron chi connectivity index (χ4n) is 3.97. The highest BCUT2D eigenvalue weighted by Gasteiger charge is 2.31. The van der Waals surface area contributed by atoms with Crippen molar-refractivity contribution in [3.05, 3.63) is 75.2 Å². The van der Waals surface area contributed by atoms with E-state index < -0.39 is 83.5 Å². The lowest BCUT2D eigenvalue weighted by Crippen LogP contribution is -2.48. The summed E-state index contributed by atoms with van der Waals surface area (Å²) in [6.07, 6.45) is 0.231. The van der Waals surface area contributed by atoms with Crippen LogP contribution in [0.25, 0.3) is 10.8 Å². The zero-order valence-corrected chi connectivity index (χ0v) is 23.9. The molecule has 0 aliphatic carbocycles. The monoisotopic (exact) mass is 612 g/mol. The Labute approximate surface area is 243 Å². The van der Waals surface area contributed by atoms with Crippen LogP contribution in [-0.4, -0.2) is 41.0 Å². The minimum atomic E-state index is -1.87. The molecule has 2 aromatic carbocycles. The lowest BCUT2D eigenvalue weighted by atomic mass is 10.1. The summed E-state index contributed by atoms with van der Waals surface area (Å²) in [5, 5.41) is 3.52. The van der Waals surface area contributed by atoms with Gasteiger partial charge in [0, 0.05) is 22.7 Å². The Bertz CT molecular complexity index is 1540. The summed E-state index contributed by atoms with van der Waals surface area (Å²) in [5.41, 5.74) is -0.535. The van der Waals surface area contributed by atoms with E-state index in [4.69, 9.17) is 21.1 Å². The third-order valence-corrected chi connectivity index (χ3v) is 6.92. The van der Waals surface area contributed by atoms with E-state index in [9.17, 15) is 36.7 Å². The van der Waals surface area contributed by atoms with Crippen LogP contribution in [-0.2, 0) is 19.1 Å². The fraction of sp³-hybridized carbons (Fsp3) is 0.379. The zero-order chi connectivity index (χ0) is 31.3. The molecule has 1 N–H and O–H groups in total. The van der Waals surface area contributed by atoms with Gasteiger partial charge in [-0.3, -0.25) is 19.2 Å². The second-order valence-corrected chi connectivity index (χ2v) is 10.4. The molecule has 3 atom stereocenters. The van der Waals surface area contributed by atoms with E-state index in [1.54, 1.807) is 45.9 Å². The summed E-state index contributed by atoms with van der Waals surface area (Å²) in [7, 11) is 0. The summed E-state index contributed by atoms with van der Waals surface area (Å²) < 4.78 is 66.4. The number of pyridine rings is 1. The first kappa shape index (κ1) is 32.6. The maximum atomic E-state index is 14.0. The summed E-state index contributed by atoms with van der Waals surface area (Å²) in [5.74, 6) is -11.6. The Morgan fingerprint density at radius 2 is 1.64 bits per heavy atom. The van der Waals surface area contributed by atoms with Crippen LogP contribution in [0.3, 0.4) is 0 Å². The molecule has 8 nitrogen and oxygen atoms in total. The first-order chi connectivity index (χ1) is 19.7. The number of aromatic nitrogens is 1. The van der Waals surface area contributed by atoms with Crippen molar-refractivity contribution >= 4 is 40.0 Å². The van der Waals surface area contributed by atoms with E-state index >= 15 is 0 Å². The van der Waals surface area contributed by atoms with Crippen LogP contribution in [0.2, 0.25) is 5.02 Å². The van der Waals surface area contributed by atoms with Crippen LogP contribution < -0.4 is 15.6 Å². The smallest absolute Gasteiger partial charge is 0.308 e. The van der Waals surface area contributed by atoms with E-state index in [1.165, 1.54) is 12.3 Å². The zero-order valence-electron chi connectivity index (χ0n) is 23.2. The molecular formula is C29H29ClF4N2O6. The molecule has 0 saturated carbocycles. The van der Waals surface area contributed by atoms with Crippen molar-refractivity contribution in [2.45, 2.75) is 58.7 Å². The molecule has 0 bridgehead atoms. The number of carbonyl (C=O) groups is 3. The molecule has 2 unspecified atom stereocenters. The Hall–Kier alpha value is -3.93. The van der Waals surface area contributed by atoms with Crippen molar-refractivity contribution in [3.63, 3.8) is 0 Å². The first-order valence-electron chi connectivity index (χ1n) is 13.0. The fourth-order valence-corrected chi connectivity index (χ4v) is 4.15. The third kappa shape index (κ3) is 7.47. The largest absolute Gasteiger partial charge is 0.479 e. The second-order valence-electron chi connectivity index (χ2n) is 9.94. The van der Waals surface area contributed by atoms with Crippen molar-refractivity contribution in [1.29, 1.82) is 0 Å². The highest BCUT2D eigenvalue weighted by Crippen LogP contribution is 2.26. The standard InChI is InChI=1S/C29H29ClF4N2O6/c1-5-22(36-9-8-16-6-7-17(30)10-18(16)29(36)40)28(39)35-21(12-24(38)42-15(4)14(2)3)23(37)13-41-27-25(33)19(31)11-20(32)26(27)34/h6-11,14-15,21-22H,5,12-13H2,1-4H3,(H,35,39)/t15?,21?,22-/m0/s1. The number of amides is 1. The number of nitrogens with zero attached hydrogens (tertiary/aromatic N) is 1. The topological polar surface area (TPSA) is 104 Å². The van der Waals surface area contributed by atoms with Gasteiger partial charge in [-0.25, -0.2) is 8.78 Å². The van der Waals surface area contributed by atoms with Crippen molar-refractivity contribution in [1.82, 2.24) is 9.88 Å². The molecular weight excluding hydrogens is 584 g/mol. The van der Waals surface area contributed by atoms with E-state index in [0.29, 0.717) is 10.4 Å². The molecule has 0 radical (unpaired) electrons. The number of carbonyl (C=O) groups excluding carboxylic acids is 3. The molecule has 0 aliphatic heterocycles. The number of fused-ring (bicyclic) bond motifs is 1. The average Bonchev–Trinajstić information content (AvgIpc) is 2.93. The van der Waals surface area contributed by atoms with E-state index in [0.717, 1.165) is 4.57 Å². The molecule has 3 rings (SSSR count). The van der Waals surface area contributed by atoms with Crippen LogP contribution in [0.15, 0.2) is 41.3 Å². The molecule has 1 amide bonds. The van der Waals surface area contributed by atoms with E-state index in [1.807, 2.05) is 0 Å². The maximum absolute atomic E-state index is 14.0. The predicted molar refractivity (Wildman–Crippen MR) is 146 cm³/mol. The number of halogens is 5. The first-order valence-corrected chi connectivity index (χ1v) is 13.4. The predicted octanol–water partition coefficient (Wildman–Crippen LogP) is 5.27. The van der Waals surface area contributed by atoms with E-state index in [2.05, 4.69) is 5.32 Å². The molecule has 226 valence electrons. The molecule has 1 heterocycles. The van der Waals surface area contributed by atoms with Crippen LogP contribution >= 0.6 is 11.6 Å². The highest BCUT2D eigenvalue weighted by atomic mass is 35.5. The number of benzene rings is 2. The van der Waals surface area contributed by atoms with E-state index in [-0.39, 0.29) is 23.8 Å². The number of ketones is 1. The molecule has 0 saturated heterocycles. The minimum Gasteiger partial charge on any atom is -0.479 e. The molecule has 0 aliphatic rings. The maximum Gasteiger partial charge on any atom is 0.308 e. The van der Waals surface area contributed by atoms with Crippen LogP contribution in [0.5, 0.6) is 5.75 Å². The van der Waals surface area contributed by atoms with Crippen LogP contribution in [0, 0.1) is 29.2 Å². The Morgan fingerprint density at radius 3 is 2.24 bits per heavy atom. The molecule has 42 heavy (non-hydrogen) atoms. The van der Waals surface area contributed by atoms with Crippen molar-refractivity contribution in [3.8, 4) is 5.75 Å². The number of esters is 1. The molecule has 1 aromatic heterocycles. The number of hydrogen-bond donors (Lipinski definition) is 1. The normalized spacial score (nSPS) is 13.5. The molecule has 0 spiro atoms. The number of rotatable bonds is 12. The van der Waals surface area contributed by atoms with Crippen molar-refractivity contribution in [2.24, 2.45) is 5.92 Å². The molecule has 13 heteroatoms. The van der Waals surface area contributed by atoms with Gasteiger partial charge >= 0.3 is 5.97 Å². The summed E-state index contributed by atoms with van der Waals surface area (Å²) >= 11 is 6.03. The van der Waals surface area contributed by atoms with Gasteiger partial charge in [0.1, 0.15) is 24.8 Å². The molecule has 0 fully saturated rings. The summed E-state index contributed by atoms with van der Waals surface area (Å²) in [4.78, 5) is 52.2. The Kier molecular flexibility index (Phi) is 10.7. The highest BCUT2D eigenvalue weighted by molar-refractivity contribution is 6.31. The van der Waals surface area contributed by atoms with Gasteiger partial charge in [-0.2, -0.15) is 8.78 Å². The quantitative estimate of drug-likeness (QED) is 0.170. The number of ether oxygens (including phenoxy) is 2. The second kappa shape index (κ2) is 13.8. The van der Waals surface area contributed by atoms with Gasteiger partial charge < -0.3 is 19.4 Å². The number of Topliss-reactive ketones (excluding diaryl/α,β-unsaturated/α-hetero) is 1. The van der Waals surface area contributed by atoms with Crippen molar-refractivity contribution < 1.29 is 41.4 Å².